The molecule has 2 N–H and O–H groups in total. The average molecular weight is 353 g/mol. The van der Waals surface area contributed by atoms with Crippen molar-refractivity contribution in [3.8, 4) is 0 Å². The molecule has 1 amide bonds. The van der Waals surface area contributed by atoms with E-state index in [1.165, 1.54) is 12.1 Å². The van der Waals surface area contributed by atoms with E-state index in [1.807, 2.05) is 0 Å². The van der Waals surface area contributed by atoms with Crippen LogP contribution in [0.3, 0.4) is 0 Å². The molecule has 3 nitrogen and oxygen atoms in total. The van der Waals surface area contributed by atoms with Gasteiger partial charge in [0, 0.05) is 17.1 Å². The fraction of sp³-hybridized carbons (Fsp3) is 0.500. The van der Waals surface area contributed by atoms with Crippen molar-refractivity contribution in [2.45, 2.75) is 35.7 Å². The quantitative estimate of drug-likeness (QED) is 0.860. The van der Waals surface area contributed by atoms with Crippen LogP contribution in [-0.4, -0.2) is 30.2 Å². The van der Waals surface area contributed by atoms with Crippen molar-refractivity contribution < 1.29 is 18.0 Å². The smallest absolute Gasteiger partial charge is 0.262 e. The van der Waals surface area contributed by atoms with E-state index in [9.17, 15) is 18.0 Å². The molecular formula is C14H16ClF3N2OS. The summed E-state index contributed by atoms with van der Waals surface area (Å²) in [6, 6.07) is 3.28. The molecule has 122 valence electrons. The van der Waals surface area contributed by atoms with Crippen LogP contribution in [0.4, 0.5) is 13.2 Å². The molecule has 2 unspecified atom stereocenters. The molecule has 2 atom stereocenters. The number of alkyl halides is 2. The summed E-state index contributed by atoms with van der Waals surface area (Å²) in [6.07, 6.45) is 0.173. The SMILES string of the molecule is Cl.O=C(NC1CCSc2ccc(F)cc21)C1CC(F)(F)CN1. The maximum atomic E-state index is 13.4. The number of thioether (sulfide) groups is 1. The Bertz CT molecular complexity index is 573. The maximum Gasteiger partial charge on any atom is 0.262 e. The average Bonchev–Trinajstić information content (AvgIpc) is 2.80. The number of carbonyl (C=O) groups excluding carboxylic acids is 1. The van der Waals surface area contributed by atoms with Gasteiger partial charge in [-0.1, -0.05) is 0 Å². The van der Waals surface area contributed by atoms with E-state index in [1.54, 1.807) is 17.8 Å². The van der Waals surface area contributed by atoms with Crippen molar-refractivity contribution in [2.75, 3.05) is 12.3 Å². The van der Waals surface area contributed by atoms with Gasteiger partial charge in [-0.3, -0.25) is 10.1 Å². The molecule has 0 bridgehead atoms. The topological polar surface area (TPSA) is 41.1 Å². The van der Waals surface area contributed by atoms with Crippen LogP contribution in [-0.2, 0) is 4.79 Å². The molecule has 1 aromatic carbocycles. The molecule has 2 aliphatic heterocycles. The Labute approximate surface area is 136 Å². The molecule has 0 aliphatic carbocycles. The second kappa shape index (κ2) is 6.68. The van der Waals surface area contributed by atoms with E-state index in [0.29, 0.717) is 6.42 Å². The number of rotatable bonds is 2. The number of hydrogen-bond acceptors (Lipinski definition) is 3. The second-order valence-electron chi connectivity index (χ2n) is 5.37. The predicted octanol–water partition coefficient (Wildman–Crippen LogP) is 2.90. The van der Waals surface area contributed by atoms with Gasteiger partial charge >= 0.3 is 0 Å². The van der Waals surface area contributed by atoms with Gasteiger partial charge in [-0.25, -0.2) is 13.2 Å². The summed E-state index contributed by atoms with van der Waals surface area (Å²) in [4.78, 5) is 13.0. The Hall–Kier alpha value is -0.920. The minimum Gasteiger partial charge on any atom is -0.348 e. The highest BCUT2D eigenvalue weighted by Gasteiger charge is 2.42. The molecule has 2 heterocycles. The highest BCUT2D eigenvalue weighted by molar-refractivity contribution is 7.99. The van der Waals surface area contributed by atoms with Crippen LogP contribution in [0.2, 0.25) is 0 Å². The molecule has 0 radical (unpaired) electrons. The van der Waals surface area contributed by atoms with E-state index in [4.69, 9.17) is 0 Å². The number of carbonyl (C=O) groups is 1. The Balaban J connectivity index is 0.00000176. The van der Waals surface area contributed by atoms with Crippen LogP contribution in [0.15, 0.2) is 23.1 Å². The zero-order valence-electron chi connectivity index (χ0n) is 11.6. The van der Waals surface area contributed by atoms with Crippen LogP contribution < -0.4 is 10.6 Å². The minimum atomic E-state index is -2.84. The van der Waals surface area contributed by atoms with Crippen molar-refractivity contribution in [1.82, 2.24) is 10.6 Å². The van der Waals surface area contributed by atoms with Crippen molar-refractivity contribution in [3.05, 3.63) is 29.6 Å². The van der Waals surface area contributed by atoms with Crippen LogP contribution in [0, 0.1) is 5.82 Å². The Morgan fingerprint density at radius 1 is 1.41 bits per heavy atom. The molecule has 0 saturated carbocycles. The Morgan fingerprint density at radius 3 is 2.86 bits per heavy atom. The number of benzene rings is 1. The Kier molecular flexibility index (Phi) is 5.29. The lowest BCUT2D eigenvalue weighted by molar-refractivity contribution is -0.124. The van der Waals surface area contributed by atoms with E-state index in [0.717, 1.165) is 16.2 Å². The zero-order valence-corrected chi connectivity index (χ0v) is 13.2. The fourth-order valence-corrected chi connectivity index (χ4v) is 3.79. The zero-order chi connectivity index (χ0) is 15.0. The highest BCUT2D eigenvalue weighted by atomic mass is 35.5. The van der Waals surface area contributed by atoms with Gasteiger partial charge in [0.2, 0.25) is 5.91 Å². The van der Waals surface area contributed by atoms with Crippen LogP contribution in [0.25, 0.3) is 0 Å². The van der Waals surface area contributed by atoms with Gasteiger partial charge in [0.1, 0.15) is 5.82 Å². The predicted molar refractivity (Wildman–Crippen MR) is 81.2 cm³/mol. The first-order chi connectivity index (χ1) is 9.94. The Morgan fingerprint density at radius 2 is 2.18 bits per heavy atom. The summed E-state index contributed by atoms with van der Waals surface area (Å²) < 4.78 is 39.6. The first-order valence-electron chi connectivity index (χ1n) is 6.78. The number of hydrogen-bond donors (Lipinski definition) is 2. The molecule has 0 spiro atoms. The summed E-state index contributed by atoms with van der Waals surface area (Å²) in [5, 5.41) is 5.30. The monoisotopic (exact) mass is 352 g/mol. The largest absolute Gasteiger partial charge is 0.348 e. The fourth-order valence-electron chi connectivity index (χ4n) is 2.69. The third-order valence-corrected chi connectivity index (χ3v) is 4.88. The number of amides is 1. The molecule has 8 heteroatoms. The third-order valence-electron chi connectivity index (χ3n) is 3.75. The van der Waals surface area contributed by atoms with Crippen molar-refractivity contribution in [3.63, 3.8) is 0 Å². The summed E-state index contributed by atoms with van der Waals surface area (Å²) in [6.45, 7) is -0.475. The van der Waals surface area contributed by atoms with E-state index in [2.05, 4.69) is 10.6 Å². The summed E-state index contributed by atoms with van der Waals surface area (Å²) in [5.41, 5.74) is 0.726. The van der Waals surface area contributed by atoms with Gasteiger partial charge in [-0.05, 0) is 30.2 Å². The van der Waals surface area contributed by atoms with Gasteiger partial charge in [-0.15, -0.1) is 24.2 Å². The standard InChI is InChI=1S/C14H15F3N2OS.ClH/c15-8-1-2-12-9(5-8)10(3-4-21-12)19-13(20)11-6-14(16,17)7-18-11;/h1-2,5,10-11,18H,3-4,6-7H2,(H,19,20);1H. The van der Waals surface area contributed by atoms with Crippen LogP contribution >= 0.6 is 24.2 Å². The van der Waals surface area contributed by atoms with Crippen molar-refractivity contribution >= 4 is 30.1 Å². The molecule has 1 aromatic rings. The van der Waals surface area contributed by atoms with Crippen LogP contribution in [0.1, 0.15) is 24.4 Å². The molecular weight excluding hydrogens is 337 g/mol. The molecule has 2 aliphatic rings. The summed E-state index contributed by atoms with van der Waals surface area (Å²) in [5.74, 6) is -2.84. The van der Waals surface area contributed by atoms with Crippen LogP contribution in [0.5, 0.6) is 0 Å². The number of fused-ring (bicyclic) bond motifs is 1. The van der Waals surface area contributed by atoms with Crippen molar-refractivity contribution in [2.24, 2.45) is 0 Å². The van der Waals surface area contributed by atoms with E-state index >= 15 is 0 Å². The van der Waals surface area contributed by atoms with Crippen molar-refractivity contribution in [1.29, 1.82) is 0 Å². The van der Waals surface area contributed by atoms with Gasteiger partial charge in [-0.2, -0.15) is 0 Å². The van der Waals surface area contributed by atoms with Gasteiger partial charge in [0.05, 0.1) is 18.6 Å². The molecule has 3 rings (SSSR count). The van der Waals surface area contributed by atoms with Gasteiger partial charge in [0.25, 0.3) is 5.92 Å². The van der Waals surface area contributed by atoms with E-state index in [-0.39, 0.29) is 24.3 Å². The highest BCUT2D eigenvalue weighted by Crippen LogP contribution is 2.36. The first kappa shape index (κ1) is 17.4. The van der Waals surface area contributed by atoms with Gasteiger partial charge < -0.3 is 5.32 Å². The summed E-state index contributed by atoms with van der Waals surface area (Å²) in [7, 11) is 0. The second-order valence-corrected chi connectivity index (χ2v) is 6.51. The van der Waals surface area contributed by atoms with Gasteiger partial charge in [0.15, 0.2) is 0 Å². The lowest BCUT2D eigenvalue weighted by Gasteiger charge is -2.27. The molecule has 22 heavy (non-hydrogen) atoms. The molecule has 1 fully saturated rings. The third kappa shape index (κ3) is 3.70. The maximum absolute atomic E-state index is 13.4. The molecule has 0 aromatic heterocycles. The first-order valence-corrected chi connectivity index (χ1v) is 7.77. The number of halogens is 4. The molecule has 1 saturated heterocycles. The van der Waals surface area contributed by atoms with E-state index < -0.39 is 30.8 Å². The number of nitrogens with one attached hydrogen (secondary N) is 2. The minimum absolute atomic E-state index is 0. The summed E-state index contributed by atoms with van der Waals surface area (Å²) >= 11 is 1.61. The lowest BCUT2D eigenvalue weighted by Crippen LogP contribution is -2.42. The lowest BCUT2D eigenvalue weighted by atomic mass is 10.0. The normalized spacial score (nSPS) is 26.0.